The second kappa shape index (κ2) is 11.5. The number of rotatable bonds is 6. The Morgan fingerprint density at radius 3 is 2.42 bits per heavy atom. The van der Waals surface area contributed by atoms with Crippen LogP contribution in [0.2, 0.25) is 0 Å². The van der Waals surface area contributed by atoms with E-state index in [1.807, 2.05) is 0 Å². The zero-order valence-corrected chi connectivity index (χ0v) is 15.2. The van der Waals surface area contributed by atoms with Crippen molar-refractivity contribution in [2.45, 2.75) is 0 Å². The monoisotopic (exact) mass is 377 g/mol. The Morgan fingerprint density at radius 2 is 1.85 bits per heavy atom. The lowest BCUT2D eigenvalue weighted by atomic mass is 10.2. The van der Waals surface area contributed by atoms with Crippen LogP contribution >= 0.6 is 11.8 Å². The lowest BCUT2D eigenvalue weighted by Gasteiger charge is -2.12. The van der Waals surface area contributed by atoms with Gasteiger partial charge in [0.1, 0.15) is 4.91 Å². The molecule has 0 heterocycles. The summed E-state index contributed by atoms with van der Waals surface area (Å²) in [5.41, 5.74) is 5.52. The number of hydrazine groups is 1. The number of aliphatic imine (C=N–C) groups is 1. The standard InChI is InChI=1S/C17H19N3O5S/c1-4-10-18-17(20-19-15(22)12-8-6-5-7-9-12)26-13(16(23)25-3)11-14(21)24-2/h4-9,11H,1,10H2,2-3H3,(H,18,20)(H,19,22)/b13-11-. The molecular formula is C17H19N3O5S. The van der Waals surface area contributed by atoms with Crippen LogP contribution in [0.4, 0.5) is 0 Å². The summed E-state index contributed by atoms with van der Waals surface area (Å²) in [6.07, 6.45) is 2.50. The smallest absolute Gasteiger partial charge is 0.345 e. The van der Waals surface area contributed by atoms with Gasteiger partial charge in [-0.2, -0.15) is 0 Å². The molecule has 0 aliphatic carbocycles. The summed E-state index contributed by atoms with van der Waals surface area (Å²) < 4.78 is 9.14. The molecular weight excluding hydrogens is 358 g/mol. The number of esters is 2. The SMILES string of the molecule is C=CCN=C(NNC(=O)c1ccccc1)S/C(=C\C(=O)OC)C(=O)OC. The van der Waals surface area contributed by atoms with Gasteiger partial charge in [0.05, 0.1) is 20.8 Å². The minimum Gasteiger partial charge on any atom is -0.466 e. The fourth-order valence-electron chi connectivity index (χ4n) is 1.52. The van der Waals surface area contributed by atoms with E-state index in [9.17, 15) is 14.4 Å². The van der Waals surface area contributed by atoms with Crippen LogP contribution in [-0.4, -0.2) is 43.8 Å². The maximum Gasteiger partial charge on any atom is 0.345 e. The fourth-order valence-corrected chi connectivity index (χ4v) is 2.29. The largest absolute Gasteiger partial charge is 0.466 e. The van der Waals surface area contributed by atoms with Gasteiger partial charge < -0.3 is 9.47 Å². The molecule has 0 aromatic heterocycles. The number of nitrogens with one attached hydrogen (secondary N) is 2. The first-order valence-corrected chi connectivity index (χ1v) is 8.16. The molecule has 1 aromatic carbocycles. The molecule has 0 unspecified atom stereocenters. The van der Waals surface area contributed by atoms with Crippen molar-refractivity contribution >= 4 is 34.8 Å². The van der Waals surface area contributed by atoms with Gasteiger partial charge in [-0.3, -0.25) is 20.6 Å². The maximum absolute atomic E-state index is 12.1. The van der Waals surface area contributed by atoms with Crippen LogP contribution < -0.4 is 10.9 Å². The average Bonchev–Trinajstić information content (AvgIpc) is 2.68. The first-order valence-electron chi connectivity index (χ1n) is 7.34. The number of hydrogen-bond acceptors (Lipinski definition) is 7. The molecule has 0 atom stereocenters. The Hall–Kier alpha value is -3.07. The Bertz CT molecular complexity index is 716. The number of carbonyl (C=O) groups is 3. The van der Waals surface area contributed by atoms with Crippen molar-refractivity contribution in [2.75, 3.05) is 20.8 Å². The minimum atomic E-state index is -0.747. The topological polar surface area (TPSA) is 106 Å². The quantitative estimate of drug-likeness (QED) is 0.193. The number of benzene rings is 1. The molecule has 1 amide bonds. The first kappa shape index (κ1) is 21.0. The molecule has 0 saturated carbocycles. The van der Waals surface area contributed by atoms with E-state index in [4.69, 9.17) is 0 Å². The second-order valence-electron chi connectivity index (χ2n) is 4.51. The molecule has 1 aromatic rings. The van der Waals surface area contributed by atoms with Gasteiger partial charge in [0, 0.05) is 11.6 Å². The highest BCUT2D eigenvalue weighted by atomic mass is 32.2. The van der Waals surface area contributed by atoms with E-state index >= 15 is 0 Å². The van der Waals surface area contributed by atoms with Crippen molar-refractivity contribution in [2.24, 2.45) is 4.99 Å². The third-order valence-corrected chi connectivity index (χ3v) is 3.66. The summed E-state index contributed by atoms with van der Waals surface area (Å²) in [7, 11) is 2.36. The minimum absolute atomic E-state index is 0.0661. The van der Waals surface area contributed by atoms with E-state index in [-0.39, 0.29) is 16.6 Å². The summed E-state index contributed by atoms with van der Waals surface area (Å²) in [5.74, 6) is -1.87. The molecule has 0 bridgehead atoms. The van der Waals surface area contributed by atoms with Crippen molar-refractivity contribution < 1.29 is 23.9 Å². The zero-order valence-electron chi connectivity index (χ0n) is 14.4. The lowest BCUT2D eigenvalue weighted by molar-refractivity contribution is -0.137. The van der Waals surface area contributed by atoms with E-state index in [2.05, 4.69) is 31.9 Å². The number of amides is 1. The van der Waals surface area contributed by atoms with Gasteiger partial charge in [0.15, 0.2) is 5.17 Å². The molecule has 9 heteroatoms. The summed E-state index contributed by atoms with van der Waals surface area (Å²) >= 11 is 0.805. The van der Waals surface area contributed by atoms with E-state index < -0.39 is 17.8 Å². The van der Waals surface area contributed by atoms with Crippen LogP contribution in [0.25, 0.3) is 0 Å². The van der Waals surface area contributed by atoms with Gasteiger partial charge in [0.25, 0.3) is 5.91 Å². The molecule has 1 rings (SSSR count). The molecule has 0 spiro atoms. The van der Waals surface area contributed by atoms with Crippen LogP contribution in [0.5, 0.6) is 0 Å². The lowest BCUT2D eigenvalue weighted by Crippen LogP contribution is -2.40. The van der Waals surface area contributed by atoms with Gasteiger partial charge in [-0.15, -0.1) is 6.58 Å². The number of methoxy groups -OCH3 is 2. The van der Waals surface area contributed by atoms with Crippen LogP contribution in [0.15, 0.2) is 59.0 Å². The number of amidine groups is 1. The predicted molar refractivity (Wildman–Crippen MR) is 99.2 cm³/mol. The van der Waals surface area contributed by atoms with E-state index in [0.717, 1.165) is 17.8 Å². The van der Waals surface area contributed by atoms with Crippen LogP contribution in [0.3, 0.4) is 0 Å². The highest BCUT2D eigenvalue weighted by molar-refractivity contribution is 8.17. The molecule has 138 valence electrons. The molecule has 0 saturated heterocycles. The van der Waals surface area contributed by atoms with Crippen molar-refractivity contribution in [3.63, 3.8) is 0 Å². The number of hydrogen-bond donors (Lipinski definition) is 2. The molecule has 2 N–H and O–H groups in total. The van der Waals surface area contributed by atoms with Crippen molar-refractivity contribution in [3.05, 3.63) is 59.5 Å². The highest BCUT2D eigenvalue weighted by Crippen LogP contribution is 2.18. The van der Waals surface area contributed by atoms with Gasteiger partial charge in [-0.1, -0.05) is 24.3 Å². The van der Waals surface area contributed by atoms with Crippen LogP contribution in [0.1, 0.15) is 10.4 Å². The number of thioether (sulfide) groups is 1. The number of carbonyl (C=O) groups excluding carboxylic acids is 3. The van der Waals surface area contributed by atoms with Gasteiger partial charge in [-0.05, 0) is 23.9 Å². The number of nitrogens with zero attached hydrogens (tertiary/aromatic N) is 1. The summed E-state index contributed by atoms with van der Waals surface area (Å²) in [5, 5.41) is 0.162. The van der Waals surface area contributed by atoms with Crippen molar-refractivity contribution in [1.29, 1.82) is 0 Å². The Kier molecular flexibility index (Phi) is 9.26. The maximum atomic E-state index is 12.1. The normalized spacial score (nSPS) is 11.3. The van der Waals surface area contributed by atoms with Crippen molar-refractivity contribution in [3.8, 4) is 0 Å². The van der Waals surface area contributed by atoms with Gasteiger partial charge >= 0.3 is 11.9 Å². The van der Waals surface area contributed by atoms with E-state index in [1.54, 1.807) is 30.3 Å². The fraction of sp³-hybridized carbons (Fsp3) is 0.176. The number of ether oxygens (including phenoxy) is 2. The van der Waals surface area contributed by atoms with Crippen LogP contribution in [-0.2, 0) is 19.1 Å². The average molecular weight is 377 g/mol. The summed E-state index contributed by atoms with van der Waals surface area (Å²) in [6, 6.07) is 8.52. The highest BCUT2D eigenvalue weighted by Gasteiger charge is 2.17. The van der Waals surface area contributed by atoms with Gasteiger partial charge in [-0.25, -0.2) is 9.59 Å². The predicted octanol–water partition coefficient (Wildman–Crippen LogP) is 1.43. The third kappa shape index (κ3) is 7.22. The molecule has 0 aliphatic heterocycles. The molecule has 0 radical (unpaired) electrons. The molecule has 26 heavy (non-hydrogen) atoms. The summed E-state index contributed by atoms with van der Waals surface area (Å²) in [4.78, 5) is 39.4. The van der Waals surface area contributed by atoms with Gasteiger partial charge in [0.2, 0.25) is 0 Å². The zero-order chi connectivity index (χ0) is 19.4. The first-order chi connectivity index (χ1) is 12.5. The summed E-state index contributed by atoms with van der Waals surface area (Å²) in [6.45, 7) is 3.78. The van der Waals surface area contributed by atoms with Crippen LogP contribution in [0, 0.1) is 0 Å². The molecule has 0 fully saturated rings. The molecule has 8 nitrogen and oxygen atoms in total. The Balaban J connectivity index is 2.89. The Morgan fingerprint density at radius 1 is 1.15 bits per heavy atom. The van der Waals surface area contributed by atoms with E-state index in [1.165, 1.54) is 20.3 Å². The molecule has 0 aliphatic rings. The third-order valence-electron chi connectivity index (χ3n) is 2.73. The Labute approximate surface area is 155 Å². The second-order valence-corrected chi connectivity index (χ2v) is 5.54. The van der Waals surface area contributed by atoms with E-state index in [0.29, 0.717) is 5.56 Å². The van der Waals surface area contributed by atoms with Crippen molar-refractivity contribution in [1.82, 2.24) is 10.9 Å².